The summed E-state index contributed by atoms with van der Waals surface area (Å²) in [6.07, 6.45) is 2.04. The van der Waals surface area contributed by atoms with Gasteiger partial charge >= 0.3 is 80.8 Å². The first-order valence-electron chi connectivity index (χ1n) is 3.61. The van der Waals surface area contributed by atoms with E-state index in [2.05, 4.69) is 9.91 Å². The molecular formula is C9H9INO-. The minimum atomic E-state index is 0.0896. The molecule has 0 aliphatic heterocycles. The molecule has 2 rings (SSSR count). The summed E-state index contributed by atoms with van der Waals surface area (Å²) < 4.78 is 1.36. The Labute approximate surface area is 80.9 Å². The number of nitrogens with one attached hydrogen (secondary N) is 1. The Bertz CT molecular complexity index is 408. The molecular weight excluding hydrogens is 265 g/mol. The quantitative estimate of drug-likeness (QED) is 0.495. The summed E-state index contributed by atoms with van der Waals surface area (Å²) in [6, 6.07) is 5.44. The molecule has 0 aliphatic carbocycles. The van der Waals surface area contributed by atoms with Crippen LogP contribution < -0.4 is 21.2 Å². The van der Waals surface area contributed by atoms with Crippen molar-refractivity contribution < 1.29 is 26.3 Å². The van der Waals surface area contributed by atoms with Crippen molar-refractivity contribution in [2.75, 3.05) is 4.93 Å². The van der Waals surface area contributed by atoms with Gasteiger partial charge in [0.05, 0.1) is 0 Å². The van der Waals surface area contributed by atoms with Crippen molar-refractivity contribution in [1.82, 2.24) is 4.98 Å². The van der Waals surface area contributed by atoms with Crippen LogP contribution in [0.25, 0.3) is 10.9 Å². The zero-order valence-electron chi connectivity index (χ0n) is 6.63. The van der Waals surface area contributed by atoms with Gasteiger partial charge in [-0.15, -0.1) is 0 Å². The molecule has 0 fully saturated rings. The van der Waals surface area contributed by atoms with E-state index in [9.17, 15) is 5.11 Å². The van der Waals surface area contributed by atoms with Gasteiger partial charge in [0.1, 0.15) is 0 Å². The number of hydrogen-bond donors (Lipinski definition) is 2. The number of H-pyrrole nitrogens is 1. The third kappa shape index (κ3) is 1.18. The van der Waals surface area contributed by atoms with Crippen LogP contribution in [0.2, 0.25) is 0 Å². The number of aromatic nitrogens is 1. The van der Waals surface area contributed by atoms with Gasteiger partial charge in [-0.05, 0) is 0 Å². The van der Waals surface area contributed by atoms with Crippen LogP contribution in [0.3, 0.4) is 0 Å². The number of benzene rings is 1. The zero-order valence-corrected chi connectivity index (χ0v) is 8.79. The van der Waals surface area contributed by atoms with Gasteiger partial charge in [-0.2, -0.15) is 0 Å². The van der Waals surface area contributed by atoms with Gasteiger partial charge in [0.25, 0.3) is 0 Å². The molecule has 2 nitrogen and oxygen atoms in total. The monoisotopic (exact) mass is 274 g/mol. The molecule has 2 aromatic rings. The number of aromatic amines is 1. The van der Waals surface area contributed by atoms with Crippen molar-refractivity contribution >= 4 is 10.9 Å². The average molecular weight is 274 g/mol. The van der Waals surface area contributed by atoms with Crippen LogP contribution in [-0.4, -0.2) is 15.0 Å². The normalized spacial score (nSPS) is 11.1. The third-order valence-electron chi connectivity index (χ3n) is 1.82. The third-order valence-corrected chi connectivity index (χ3v) is 3.87. The first kappa shape index (κ1) is 7.91. The van der Waals surface area contributed by atoms with E-state index in [0.717, 1.165) is 5.52 Å². The van der Waals surface area contributed by atoms with Gasteiger partial charge in [0, 0.05) is 0 Å². The summed E-state index contributed by atoms with van der Waals surface area (Å²) in [5.74, 6) is 0.348. The van der Waals surface area contributed by atoms with E-state index >= 15 is 0 Å². The van der Waals surface area contributed by atoms with E-state index in [1.165, 1.54) is 8.96 Å². The molecule has 12 heavy (non-hydrogen) atoms. The van der Waals surface area contributed by atoms with Gasteiger partial charge in [0.2, 0.25) is 0 Å². The second-order valence-electron chi connectivity index (χ2n) is 2.56. The number of rotatable bonds is 1. The summed E-state index contributed by atoms with van der Waals surface area (Å²) in [6.45, 7) is 0. The summed E-state index contributed by atoms with van der Waals surface area (Å²) in [5.41, 5.74) is 1.12. The van der Waals surface area contributed by atoms with E-state index in [1.54, 1.807) is 6.07 Å². The second-order valence-corrected chi connectivity index (χ2v) is 4.80. The Morgan fingerprint density at radius 3 is 3.00 bits per heavy atom. The van der Waals surface area contributed by atoms with Crippen molar-refractivity contribution in [2.45, 2.75) is 0 Å². The van der Waals surface area contributed by atoms with E-state index in [-0.39, 0.29) is 21.2 Å². The maximum atomic E-state index is 9.27. The van der Waals surface area contributed by atoms with Crippen LogP contribution in [0.5, 0.6) is 5.75 Å². The standard InChI is InChI=1S/C9H9INO/c1-10-8-5-11-9-3-2-6(12)4-7(8)9/h2-5,11-12H,1H3/q-1. The van der Waals surface area contributed by atoms with Gasteiger partial charge in [-0.3, -0.25) is 0 Å². The van der Waals surface area contributed by atoms with Crippen LogP contribution >= 0.6 is 0 Å². The number of alkyl halides is 1. The molecule has 1 aromatic heterocycles. The summed E-state index contributed by atoms with van der Waals surface area (Å²) in [4.78, 5) is 5.40. The first-order valence-corrected chi connectivity index (χ1v) is 6.84. The molecule has 0 bridgehead atoms. The average Bonchev–Trinajstić information content (AvgIpc) is 2.46. The zero-order chi connectivity index (χ0) is 8.55. The maximum absolute atomic E-state index is 9.27. The minimum absolute atomic E-state index is 0.0896. The predicted octanol–water partition coefficient (Wildman–Crippen LogP) is -1.24. The Hall–Kier alpha value is -0.710. The molecule has 0 radical (unpaired) electrons. The molecule has 3 heteroatoms. The molecule has 0 aliphatic rings. The SMILES string of the molecule is C[I-]c1c[nH]c2ccc(O)cc12. The van der Waals surface area contributed by atoms with Crippen molar-refractivity contribution in [3.05, 3.63) is 28.0 Å². The van der Waals surface area contributed by atoms with E-state index in [4.69, 9.17) is 0 Å². The van der Waals surface area contributed by atoms with Gasteiger partial charge < -0.3 is 0 Å². The number of phenolic OH excluding ortho intramolecular Hbond substituents is 1. The fourth-order valence-electron chi connectivity index (χ4n) is 1.23. The topological polar surface area (TPSA) is 36.0 Å². The molecule has 1 heterocycles. The van der Waals surface area contributed by atoms with Gasteiger partial charge in [-0.1, -0.05) is 0 Å². The first-order chi connectivity index (χ1) is 5.81. The van der Waals surface area contributed by atoms with Crippen LogP contribution in [0.15, 0.2) is 24.4 Å². The number of phenols is 1. The number of aromatic hydroxyl groups is 1. The molecule has 0 saturated heterocycles. The van der Waals surface area contributed by atoms with Crippen LogP contribution in [0.4, 0.5) is 0 Å². The van der Waals surface area contributed by atoms with Gasteiger partial charge in [-0.25, -0.2) is 0 Å². The fourth-order valence-corrected chi connectivity index (χ4v) is 2.73. The van der Waals surface area contributed by atoms with E-state index in [0.29, 0.717) is 5.75 Å². The number of hydrogen-bond acceptors (Lipinski definition) is 1. The van der Waals surface area contributed by atoms with Crippen molar-refractivity contribution in [3.8, 4) is 5.75 Å². The molecule has 0 unspecified atom stereocenters. The van der Waals surface area contributed by atoms with Crippen molar-refractivity contribution in [1.29, 1.82) is 0 Å². The summed E-state index contributed by atoms with van der Waals surface area (Å²) >= 11 is 0.0896. The Morgan fingerprint density at radius 2 is 2.25 bits per heavy atom. The van der Waals surface area contributed by atoms with Gasteiger partial charge in [0.15, 0.2) is 0 Å². The molecule has 0 amide bonds. The van der Waals surface area contributed by atoms with Crippen LogP contribution in [0.1, 0.15) is 0 Å². The second kappa shape index (κ2) is 2.97. The molecule has 0 spiro atoms. The predicted molar refractivity (Wildman–Crippen MR) is 44.6 cm³/mol. The molecule has 1 aromatic carbocycles. The van der Waals surface area contributed by atoms with Crippen molar-refractivity contribution in [2.24, 2.45) is 0 Å². The van der Waals surface area contributed by atoms with E-state index in [1.807, 2.05) is 18.3 Å². The Kier molecular flexibility index (Phi) is 1.96. The Morgan fingerprint density at radius 1 is 1.42 bits per heavy atom. The summed E-state index contributed by atoms with van der Waals surface area (Å²) in [7, 11) is 0. The number of halogens is 1. The molecule has 64 valence electrons. The molecule has 2 N–H and O–H groups in total. The summed E-state index contributed by atoms with van der Waals surface area (Å²) in [5, 5.41) is 10.4. The fraction of sp³-hybridized carbons (Fsp3) is 0.111. The van der Waals surface area contributed by atoms with E-state index < -0.39 is 0 Å². The Balaban J connectivity index is 2.75. The van der Waals surface area contributed by atoms with Crippen molar-refractivity contribution in [3.63, 3.8) is 0 Å². The van der Waals surface area contributed by atoms with Crippen LogP contribution in [-0.2, 0) is 0 Å². The molecule has 0 saturated carbocycles. The number of fused-ring (bicyclic) bond motifs is 1. The van der Waals surface area contributed by atoms with Crippen LogP contribution in [0, 0.1) is 3.57 Å². The molecule has 0 atom stereocenters.